The minimum atomic E-state index is -0.866. The van der Waals surface area contributed by atoms with Gasteiger partial charge in [0.15, 0.2) is 16.8 Å². The number of alkyl carbamates (subject to hydrolysis) is 1. The van der Waals surface area contributed by atoms with Crippen LogP contribution in [0.3, 0.4) is 0 Å². The quantitative estimate of drug-likeness (QED) is 0.474. The van der Waals surface area contributed by atoms with E-state index in [0.29, 0.717) is 24.0 Å². The maximum Gasteiger partial charge on any atom is 0.408 e. The molecule has 1 aromatic carbocycles. The van der Waals surface area contributed by atoms with E-state index in [4.69, 9.17) is 14.0 Å². The van der Waals surface area contributed by atoms with Crippen molar-refractivity contribution >= 4 is 17.9 Å². The minimum Gasteiger partial charge on any atom is -0.496 e. The number of benzene rings is 1. The van der Waals surface area contributed by atoms with Gasteiger partial charge in [-0.3, -0.25) is 0 Å². The van der Waals surface area contributed by atoms with Crippen LogP contribution in [-0.2, 0) is 22.6 Å². The molecular formula is C22H30N6O4S. The van der Waals surface area contributed by atoms with E-state index < -0.39 is 17.2 Å². The fraction of sp³-hybridized carbons (Fsp3) is 0.500. The molecule has 10 nitrogen and oxygen atoms in total. The van der Waals surface area contributed by atoms with Gasteiger partial charge in [0.25, 0.3) is 0 Å². The molecule has 11 heteroatoms. The fourth-order valence-corrected chi connectivity index (χ4v) is 3.86. The summed E-state index contributed by atoms with van der Waals surface area (Å²) < 4.78 is 18.2. The van der Waals surface area contributed by atoms with E-state index in [-0.39, 0.29) is 0 Å². The van der Waals surface area contributed by atoms with Crippen LogP contribution in [-0.4, -0.2) is 43.7 Å². The predicted molar refractivity (Wildman–Crippen MR) is 124 cm³/mol. The Hall–Kier alpha value is -3.08. The van der Waals surface area contributed by atoms with Gasteiger partial charge >= 0.3 is 6.09 Å². The van der Waals surface area contributed by atoms with Crippen molar-refractivity contribution in [1.82, 2.24) is 30.2 Å². The number of hydrogen-bond acceptors (Lipinski definition) is 9. The highest BCUT2D eigenvalue weighted by atomic mass is 32.2. The largest absolute Gasteiger partial charge is 0.496 e. The van der Waals surface area contributed by atoms with Crippen molar-refractivity contribution < 1.29 is 18.8 Å². The Bertz CT molecular complexity index is 1100. The van der Waals surface area contributed by atoms with Crippen LogP contribution >= 0.6 is 11.8 Å². The Morgan fingerprint density at radius 3 is 2.58 bits per heavy atom. The number of ether oxygens (including phenoxy) is 2. The first-order valence-electron chi connectivity index (χ1n) is 10.6. The van der Waals surface area contributed by atoms with Crippen LogP contribution in [0.2, 0.25) is 0 Å². The van der Waals surface area contributed by atoms with Crippen LogP contribution in [0.25, 0.3) is 11.4 Å². The molecular weight excluding hydrogens is 444 g/mol. The van der Waals surface area contributed by atoms with E-state index in [9.17, 15) is 4.79 Å². The number of methoxy groups -OCH3 is 1. The molecule has 0 saturated heterocycles. The van der Waals surface area contributed by atoms with Crippen LogP contribution < -0.4 is 10.1 Å². The lowest BCUT2D eigenvalue weighted by atomic mass is 10.1. The minimum absolute atomic E-state index is 0.357. The first-order chi connectivity index (χ1) is 15.5. The SMILES string of the molecule is CCn1c(SCc2nc(C(C)(C)NC(=O)OC(C)(C)C)no2)nnc1-c1ccccc1OC. The van der Waals surface area contributed by atoms with Gasteiger partial charge in [-0.25, -0.2) is 4.79 Å². The summed E-state index contributed by atoms with van der Waals surface area (Å²) in [4.78, 5) is 16.6. The molecule has 0 bridgehead atoms. The Morgan fingerprint density at radius 1 is 1.18 bits per heavy atom. The van der Waals surface area contributed by atoms with Gasteiger partial charge in [0, 0.05) is 6.54 Å². The second-order valence-electron chi connectivity index (χ2n) is 8.80. The number of nitrogens with zero attached hydrogens (tertiary/aromatic N) is 5. The van der Waals surface area contributed by atoms with E-state index >= 15 is 0 Å². The lowest BCUT2D eigenvalue weighted by Gasteiger charge is -2.26. The summed E-state index contributed by atoms with van der Waals surface area (Å²) in [5.74, 6) is 2.64. The molecule has 0 saturated carbocycles. The maximum absolute atomic E-state index is 12.2. The summed E-state index contributed by atoms with van der Waals surface area (Å²) in [6.45, 7) is 11.7. The number of carbonyl (C=O) groups is 1. The molecule has 178 valence electrons. The number of para-hydroxylation sites is 1. The molecule has 2 heterocycles. The van der Waals surface area contributed by atoms with Crippen molar-refractivity contribution in [3.63, 3.8) is 0 Å². The first kappa shape index (κ1) is 24.6. The molecule has 1 N–H and O–H groups in total. The number of rotatable bonds is 8. The number of thioether (sulfide) groups is 1. The number of amides is 1. The number of nitrogens with one attached hydrogen (secondary N) is 1. The summed E-state index contributed by atoms with van der Waals surface area (Å²) in [6.07, 6.45) is -0.548. The van der Waals surface area contributed by atoms with Gasteiger partial charge in [-0.1, -0.05) is 29.1 Å². The van der Waals surface area contributed by atoms with Gasteiger partial charge in [-0.05, 0) is 53.7 Å². The summed E-state index contributed by atoms with van der Waals surface area (Å²) in [7, 11) is 1.63. The summed E-state index contributed by atoms with van der Waals surface area (Å²) in [6, 6.07) is 7.70. The van der Waals surface area contributed by atoms with E-state index in [1.807, 2.05) is 35.8 Å². The van der Waals surface area contributed by atoms with Gasteiger partial charge < -0.3 is 23.9 Å². The second-order valence-corrected chi connectivity index (χ2v) is 9.75. The topological polar surface area (TPSA) is 117 Å². The standard InChI is InChI=1S/C22H30N6O4S/c1-8-28-17(14-11-9-10-12-15(14)30-7)25-26-19(28)33-13-16-23-18(27-32-16)22(5,6)24-20(29)31-21(2,3)4/h9-12H,8,13H2,1-7H3,(H,24,29). The van der Waals surface area contributed by atoms with Crippen molar-refractivity contribution in [2.75, 3.05) is 7.11 Å². The van der Waals surface area contributed by atoms with Crippen LogP contribution in [0.5, 0.6) is 5.75 Å². The molecule has 0 aliphatic carbocycles. The van der Waals surface area contributed by atoms with E-state index in [1.165, 1.54) is 11.8 Å². The molecule has 3 aromatic rings. The van der Waals surface area contributed by atoms with Crippen molar-refractivity contribution in [3.05, 3.63) is 36.0 Å². The zero-order valence-corrected chi connectivity index (χ0v) is 20.8. The van der Waals surface area contributed by atoms with Crippen molar-refractivity contribution in [1.29, 1.82) is 0 Å². The Morgan fingerprint density at radius 2 is 1.91 bits per heavy atom. The molecule has 0 fully saturated rings. The number of hydrogen-bond donors (Lipinski definition) is 1. The summed E-state index contributed by atoms with van der Waals surface area (Å²) in [5, 5.41) is 16.2. The molecule has 1 amide bonds. The third-order valence-electron chi connectivity index (χ3n) is 4.55. The smallest absolute Gasteiger partial charge is 0.408 e. The zero-order valence-electron chi connectivity index (χ0n) is 20.0. The van der Waals surface area contributed by atoms with Crippen LogP contribution in [0, 0.1) is 0 Å². The van der Waals surface area contributed by atoms with Crippen LogP contribution in [0.1, 0.15) is 53.3 Å². The molecule has 0 unspecified atom stereocenters. The number of carbonyl (C=O) groups excluding carboxylic acids is 1. The fourth-order valence-electron chi connectivity index (χ4n) is 3.02. The Kier molecular flexibility index (Phi) is 7.31. The van der Waals surface area contributed by atoms with Crippen molar-refractivity contribution in [3.8, 4) is 17.1 Å². The first-order valence-corrected chi connectivity index (χ1v) is 11.6. The molecule has 0 aliphatic rings. The van der Waals surface area contributed by atoms with E-state index in [0.717, 1.165) is 22.3 Å². The highest BCUT2D eigenvalue weighted by Gasteiger charge is 2.31. The summed E-state index contributed by atoms with van der Waals surface area (Å²) >= 11 is 1.44. The monoisotopic (exact) mass is 474 g/mol. The number of aromatic nitrogens is 5. The van der Waals surface area contributed by atoms with Gasteiger partial charge in [-0.2, -0.15) is 4.98 Å². The molecule has 0 radical (unpaired) electrons. The Labute approximate surface area is 197 Å². The van der Waals surface area contributed by atoms with Gasteiger partial charge in [0.1, 0.15) is 16.9 Å². The van der Waals surface area contributed by atoms with Gasteiger partial charge in [0.05, 0.1) is 18.4 Å². The molecule has 0 aliphatic heterocycles. The highest BCUT2D eigenvalue weighted by Crippen LogP contribution is 2.31. The van der Waals surface area contributed by atoms with E-state index in [2.05, 4.69) is 25.7 Å². The summed E-state index contributed by atoms with van der Waals surface area (Å²) in [5.41, 5.74) is -0.594. The molecule has 0 atom stereocenters. The van der Waals surface area contributed by atoms with Gasteiger partial charge in [-0.15, -0.1) is 10.2 Å². The average molecular weight is 475 g/mol. The third kappa shape index (κ3) is 6.04. The second kappa shape index (κ2) is 9.82. The van der Waals surface area contributed by atoms with E-state index in [1.54, 1.807) is 41.7 Å². The highest BCUT2D eigenvalue weighted by molar-refractivity contribution is 7.98. The normalized spacial score (nSPS) is 12.0. The maximum atomic E-state index is 12.2. The van der Waals surface area contributed by atoms with Crippen molar-refractivity contribution in [2.45, 2.75) is 70.1 Å². The molecule has 33 heavy (non-hydrogen) atoms. The molecule has 3 rings (SSSR count). The van der Waals surface area contributed by atoms with Gasteiger partial charge in [0.2, 0.25) is 5.89 Å². The lowest BCUT2D eigenvalue weighted by molar-refractivity contribution is 0.0465. The molecule has 0 spiro atoms. The van der Waals surface area contributed by atoms with Crippen molar-refractivity contribution in [2.24, 2.45) is 0 Å². The van der Waals surface area contributed by atoms with Crippen LogP contribution in [0.15, 0.2) is 33.9 Å². The average Bonchev–Trinajstić information content (AvgIpc) is 3.37. The zero-order chi connectivity index (χ0) is 24.2. The lowest BCUT2D eigenvalue weighted by Crippen LogP contribution is -2.44. The Balaban J connectivity index is 1.71. The van der Waals surface area contributed by atoms with Crippen LogP contribution in [0.4, 0.5) is 4.79 Å². The third-order valence-corrected chi connectivity index (χ3v) is 5.50. The predicted octanol–water partition coefficient (Wildman–Crippen LogP) is 4.41. The molecule has 2 aromatic heterocycles.